The van der Waals surface area contributed by atoms with E-state index in [0.29, 0.717) is 0 Å². The molecule has 2 rings (SSSR count). The van der Waals surface area contributed by atoms with E-state index < -0.39 is 23.6 Å². The van der Waals surface area contributed by atoms with Gasteiger partial charge in [0.15, 0.2) is 11.6 Å². The van der Waals surface area contributed by atoms with E-state index in [1.807, 2.05) is 0 Å². The van der Waals surface area contributed by atoms with Crippen molar-refractivity contribution in [1.82, 2.24) is 4.90 Å². The number of amides is 1. The summed E-state index contributed by atoms with van der Waals surface area (Å²) in [4.78, 5) is 13.1. The molecule has 1 N–H and O–H groups in total. The van der Waals surface area contributed by atoms with Crippen molar-refractivity contribution >= 4 is 5.91 Å². The molecule has 1 aliphatic rings. The Kier molecular flexibility index (Phi) is 3.61. The van der Waals surface area contributed by atoms with Gasteiger partial charge in [0.2, 0.25) is 0 Å². The number of rotatable bonds is 4. The minimum absolute atomic E-state index is 0.138. The van der Waals surface area contributed by atoms with Gasteiger partial charge in [-0.25, -0.2) is 8.78 Å². The highest BCUT2D eigenvalue weighted by atomic mass is 19.2. The molecule has 0 saturated heterocycles. The molecule has 98 valence electrons. The quantitative estimate of drug-likeness (QED) is 0.891. The van der Waals surface area contributed by atoms with Crippen LogP contribution in [0.25, 0.3) is 0 Å². The van der Waals surface area contributed by atoms with Gasteiger partial charge in [0.05, 0.1) is 11.7 Å². The zero-order valence-electron chi connectivity index (χ0n) is 10.1. The van der Waals surface area contributed by atoms with Gasteiger partial charge < -0.3 is 10.0 Å². The van der Waals surface area contributed by atoms with E-state index in [4.69, 9.17) is 0 Å². The highest BCUT2D eigenvalue weighted by Gasteiger charge is 2.31. The number of aliphatic hydroxyl groups is 1. The number of hydrogen-bond acceptors (Lipinski definition) is 2. The maximum absolute atomic E-state index is 13.4. The molecule has 1 aliphatic carbocycles. The van der Waals surface area contributed by atoms with Crippen molar-refractivity contribution in [3.05, 3.63) is 35.4 Å². The van der Waals surface area contributed by atoms with Crippen molar-refractivity contribution in [3.8, 4) is 0 Å². The van der Waals surface area contributed by atoms with Crippen LogP contribution in [0.4, 0.5) is 8.78 Å². The lowest BCUT2D eigenvalue weighted by molar-refractivity contribution is 0.0640. The molecule has 5 heteroatoms. The Morgan fingerprint density at radius 1 is 1.50 bits per heavy atom. The highest BCUT2D eigenvalue weighted by molar-refractivity contribution is 5.94. The van der Waals surface area contributed by atoms with Gasteiger partial charge in [-0.15, -0.1) is 0 Å². The Balaban J connectivity index is 2.07. The second-order valence-corrected chi connectivity index (χ2v) is 4.69. The number of nitrogens with zero attached hydrogens (tertiary/aromatic N) is 1. The van der Waals surface area contributed by atoms with E-state index in [-0.39, 0.29) is 18.0 Å². The highest BCUT2D eigenvalue weighted by Crippen LogP contribution is 2.32. The molecule has 1 unspecified atom stereocenters. The molecule has 0 aliphatic heterocycles. The van der Waals surface area contributed by atoms with E-state index >= 15 is 0 Å². The molecule has 1 aromatic rings. The van der Waals surface area contributed by atoms with Gasteiger partial charge in [-0.2, -0.15) is 0 Å². The molecule has 1 fully saturated rings. The van der Waals surface area contributed by atoms with Crippen LogP contribution in [0.15, 0.2) is 18.2 Å². The summed E-state index contributed by atoms with van der Waals surface area (Å²) in [6, 6.07) is 3.49. The van der Waals surface area contributed by atoms with Crippen LogP contribution in [0.2, 0.25) is 0 Å². The first-order valence-electron chi connectivity index (χ1n) is 5.88. The lowest BCUT2D eigenvalue weighted by Gasteiger charge is -2.21. The number of aliphatic hydroxyl groups excluding tert-OH is 1. The third-order valence-electron chi connectivity index (χ3n) is 3.16. The average Bonchev–Trinajstić information content (AvgIpc) is 3.15. The minimum Gasteiger partial charge on any atom is -0.391 e. The van der Waals surface area contributed by atoms with Crippen molar-refractivity contribution in [3.63, 3.8) is 0 Å². The normalized spacial score (nSPS) is 16.4. The van der Waals surface area contributed by atoms with Gasteiger partial charge in [0.25, 0.3) is 5.91 Å². The monoisotopic (exact) mass is 255 g/mol. The first-order valence-corrected chi connectivity index (χ1v) is 5.88. The maximum Gasteiger partial charge on any atom is 0.256 e. The average molecular weight is 255 g/mol. The van der Waals surface area contributed by atoms with Crippen molar-refractivity contribution in [1.29, 1.82) is 0 Å². The number of likely N-dealkylation sites (N-methyl/N-ethyl adjacent to an activating group) is 1. The number of carbonyl (C=O) groups excluding carboxylic acids is 1. The fourth-order valence-corrected chi connectivity index (χ4v) is 1.87. The molecule has 0 heterocycles. The van der Waals surface area contributed by atoms with E-state index in [9.17, 15) is 18.7 Å². The standard InChI is InChI=1S/C13H15F2NO2/c1-16(7-11(17)8-5-6-8)13(18)9-3-2-4-10(14)12(9)15/h2-4,8,11,17H,5-7H2,1H3. The summed E-state index contributed by atoms with van der Waals surface area (Å²) < 4.78 is 26.4. The number of hydrogen-bond donors (Lipinski definition) is 1. The van der Waals surface area contributed by atoms with Crippen molar-refractivity contribution in [2.45, 2.75) is 18.9 Å². The lowest BCUT2D eigenvalue weighted by atomic mass is 10.1. The largest absolute Gasteiger partial charge is 0.391 e. The first-order chi connectivity index (χ1) is 8.50. The van der Waals surface area contributed by atoms with Crippen LogP contribution in [0.1, 0.15) is 23.2 Å². The molecule has 1 saturated carbocycles. The predicted molar refractivity (Wildman–Crippen MR) is 62.0 cm³/mol. The smallest absolute Gasteiger partial charge is 0.256 e. The topological polar surface area (TPSA) is 40.5 Å². The molecule has 3 nitrogen and oxygen atoms in total. The minimum atomic E-state index is -1.14. The number of carbonyl (C=O) groups is 1. The fourth-order valence-electron chi connectivity index (χ4n) is 1.87. The Bertz CT molecular complexity index is 460. The van der Waals surface area contributed by atoms with Gasteiger partial charge in [-0.1, -0.05) is 6.07 Å². The summed E-state index contributed by atoms with van der Waals surface area (Å²) in [6.07, 6.45) is 1.32. The van der Waals surface area contributed by atoms with E-state index in [1.54, 1.807) is 0 Å². The molecular weight excluding hydrogens is 240 g/mol. The summed E-state index contributed by atoms with van der Waals surface area (Å²) in [6.45, 7) is 0.138. The van der Waals surface area contributed by atoms with Gasteiger partial charge in [0, 0.05) is 13.6 Å². The third-order valence-corrected chi connectivity index (χ3v) is 3.16. The van der Waals surface area contributed by atoms with Crippen molar-refractivity contribution in [2.24, 2.45) is 5.92 Å². The Hall–Kier alpha value is -1.49. The van der Waals surface area contributed by atoms with E-state index in [0.717, 1.165) is 18.9 Å². The second kappa shape index (κ2) is 5.02. The fraction of sp³-hybridized carbons (Fsp3) is 0.462. The summed E-state index contributed by atoms with van der Waals surface area (Å²) in [5.74, 6) is -2.57. The van der Waals surface area contributed by atoms with Gasteiger partial charge >= 0.3 is 0 Å². The summed E-state index contributed by atoms with van der Waals surface area (Å²) >= 11 is 0. The van der Waals surface area contributed by atoms with E-state index in [2.05, 4.69) is 0 Å². The van der Waals surface area contributed by atoms with Gasteiger partial charge in [-0.3, -0.25) is 4.79 Å². The molecular formula is C13H15F2NO2. The molecule has 0 aromatic heterocycles. The van der Waals surface area contributed by atoms with Crippen LogP contribution in [0.5, 0.6) is 0 Å². The summed E-state index contributed by atoms with van der Waals surface area (Å²) in [7, 11) is 1.47. The van der Waals surface area contributed by atoms with Crippen LogP contribution in [-0.4, -0.2) is 35.6 Å². The van der Waals surface area contributed by atoms with Crippen LogP contribution >= 0.6 is 0 Å². The Morgan fingerprint density at radius 3 is 2.78 bits per heavy atom. The number of halogens is 2. The van der Waals surface area contributed by atoms with Crippen LogP contribution in [0, 0.1) is 17.6 Å². The molecule has 18 heavy (non-hydrogen) atoms. The molecule has 1 aromatic carbocycles. The SMILES string of the molecule is CN(CC(O)C1CC1)C(=O)c1cccc(F)c1F. The third kappa shape index (κ3) is 2.67. The van der Waals surface area contributed by atoms with Crippen LogP contribution in [0.3, 0.4) is 0 Å². The zero-order chi connectivity index (χ0) is 13.3. The molecule has 0 bridgehead atoms. The molecule has 1 atom stereocenters. The number of benzene rings is 1. The zero-order valence-corrected chi connectivity index (χ0v) is 10.1. The summed E-state index contributed by atoms with van der Waals surface area (Å²) in [5, 5.41) is 9.72. The van der Waals surface area contributed by atoms with Crippen LogP contribution in [-0.2, 0) is 0 Å². The summed E-state index contributed by atoms with van der Waals surface area (Å²) in [5.41, 5.74) is -0.305. The molecule has 0 spiro atoms. The van der Waals surface area contributed by atoms with Crippen LogP contribution < -0.4 is 0 Å². The van der Waals surface area contributed by atoms with Gasteiger partial charge in [0.1, 0.15) is 0 Å². The second-order valence-electron chi connectivity index (χ2n) is 4.69. The predicted octanol–water partition coefficient (Wildman–Crippen LogP) is 1.81. The first kappa shape index (κ1) is 13.0. The Morgan fingerprint density at radius 2 is 2.17 bits per heavy atom. The molecule has 1 amide bonds. The van der Waals surface area contributed by atoms with Gasteiger partial charge in [-0.05, 0) is 30.9 Å². The maximum atomic E-state index is 13.4. The van der Waals surface area contributed by atoms with Crippen molar-refractivity contribution < 1.29 is 18.7 Å². The molecule has 0 radical (unpaired) electrons. The lowest BCUT2D eigenvalue weighted by Crippen LogP contribution is -2.35. The Labute approximate surface area is 104 Å². The van der Waals surface area contributed by atoms with Crippen molar-refractivity contribution in [2.75, 3.05) is 13.6 Å². The van der Waals surface area contributed by atoms with E-state index in [1.165, 1.54) is 24.1 Å².